The third kappa shape index (κ3) is 4.47. The molecule has 0 aliphatic carbocycles. The molecule has 2 N–H and O–H groups in total. The summed E-state index contributed by atoms with van der Waals surface area (Å²) in [6.07, 6.45) is 0.939. The van der Waals surface area contributed by atoms with Gasteiger partial charge in [-0.2, -0.15) is 5.01 Å². The molecule has 186 valence electrons. The second kappa shape index (κ2) is 9.34. The lowest BCUT2D eigenvalue weighted by atomic mass is 9.93. The van der Waals surface area contributed by atoms with E-state index in [1.807, 2.05) is 30.3 Å². The molecule has 0 radical (unpaired) electrons. The van der Waals surface area contributed by atoms with Crippen LogP contribution in [-0.2, 0) is 17.8 Å². The monoisotopic (exact) mass is 496 g/mol. The van der Waals surface area contributed by atoms with Crippen LogP contribution in [0, 0.1) is 0 Å². The van der Waals surface area contributed by atoms with E-state index in [0.29, 0.717) is 34.5 Å². The van der Waals surface area contributed by atoms with Crippen molar-refractivity contribution >= 4 is 29.7 Å². The van der Waals surface area contributed by atoms with Crippen LogP contribution in [0.5, 0.6) is 0 Å². The van der Waals surface area contributed by atoms with Crippen molar-refractivity contribution in [3.63, 3.8) is 0 Å². The number of urea groups is 1. The fraction of sp³-hybridized carbons (Fsp3) is 0.179. The Morgan fingerprint density at radius 1 is 0.838 bits per heavy atom. The summed E-state index contributed by atoms with van der Waals surface area (Å²) in [5, 5.41) is 3.37. The fourth-order valence-electron chi connectivity index (χ4n) is 4.54. The third-order valence-corrected chi connectivity index (χ3v) is 6.64. The maximum absolute atomic E-state index is 13.0. The maximum Gasteiger partial charge on any atom is 0.344 e. The van der Waals surface area contributed by atoms with Gasteiger partial charge in [-0.25, -0.2) is 4.79 Å². The molecule has 3 aromatic carbocycles. The van der Waals surface area contributed by atoms with E-state index in [1.54, 1.807) is 43.3 Å². The topological polar surface area (TPSA) is 116 Å². The molecule has 9 heteroatoms. The van der Waals surface area contributed by atoms with Gasteiger partial charge in [-0.15, -0.1) is 0 Å². The first kappa shape index (κ1) is 23.9. The average molecular weight is 497 g/mol. The van der Waals surface area contributed by atoms with Crippen LogP contribution < -0.4 is 10.7 Å². The van der Waals surface area contributed by atoms with Crippen LogP contribution in [0.25, 0.3) is 0 Å². The summed E-state index contributed by atoms with van der Waals surface area (Å²) in [6.45, 7) is 1.61. The van der Waals surface area contributed by atoms with Crippen molar-refractivity contribution < 1.29 is 24.0 Å². The van der Waals surface area contributed by atoms with Crippen molar-refractivity contribution in [1.29, 1.82) is 0 Å². The van der Waals surface area contributed by atoms with E-state index >= 15 is 0 Å². The Balaban J connectivity index is 1.26. The number of fused-ring (bicyclic) bond motifs is 1. The van der Waals surface area contributed by atoms with E-state index < -0.39 is 35.2 Å². The van der Waals surface area contributed by atoms with E-state index in [4.69, 9.17) is 0 Å². The highest BCUT2D eigenvalue weighted by atomic mass is 16.2. The zero-order valence-corrected chi connectivity index (χ0v) is 20.1. The van der Waals surface area contributed by atoms with Gasteiger partial charge in [0.1, 0.15) is 5.54 Å². The summed E-state index contributed by atoms with van der Waals surface area (Å²) < 4.78 is 0. The molecule has 0 spiro atoms. The van der Waals surface area contributed by atoms with Crippen molar-refractivity contribution in [3.05, 3.63) is 107 Å². The second-order valence-corrected chi connectivity index (χ2v) is 9.27. The molecule has 0 saturated carbocycles. The number of nitrogens with zero attached hydrogens (tertiary/aromatic N) is 2. The number of aryl methyl sites for hydroxylation is 1. The highest BCUT2D eigenvalue weighted by molar-refractivity contribution is 6.21. The van der Waals surface area contributed by atoms with Crippen LogP contribution >= 0.6 is 0 Å². The van der Waals surface area contributed by atoms with Gasteiger partial charge in [-0.05, 0) is 55.2 Å². The van der Waals surface area contributed by atoms with Crippen LogP contribution in [0.2, 0.25) is 0 Å². The molecule has 2 aliphatic heterocycles. The lowest BCUT2D eigenvalue weighted by Crippen LogP contribution is -2.49. The van der Waals surface area contributed by atoms with Gasteiger partial charge < -0.3 is 5.32 Å². The number of hydrogen-bond acceptors (Lipinski definition) is 5. The molecular weight excluding hydrogens is 472 g/mol. The summed E-state index contributed by atoms with van der Waals surface area (Å²) in [6, 6.07) is 21.8. The standard InChI is InChI=1S/C28H24N4O5/c1-28(15-14-18-8-3-2-4-9-18)26(36)32(27(37)29-28)30-23(33)20-11-7-10-19(16-20)17-31-24(34)21-12-5-6-13-22(21)25(31)35/h2-13,16H,14-15,17H2,1H3,(H,29,37)(H,30,33). The molecule has 1 atom stereocenters. The second-order valence-electron chi connectivity index (χ2n) is 9.27. The van der Waals surface area contributed by atoms with Crippen LogP contribution in [0.3, 0.4) is 0 Å². The molecule has 0 bridgehead atoms. The molecule has 37 heavy (non-hydrogen) atoms. The van der Waals surface area contributed by atoms with Crippen molar-refractivity contribution in [2.75, 3.05) is 0 Å². The van der Waals surface area contributed by atoms with E-state index in [2.05, 4.69) is 10.7 Å². The first-order valence-corrected chi connectivity index (χ1v) is 11.8. The molecule has 0 aromatic heterocycles. The predicted molar refractivity (Wildman–Crippen MR) is 133 cm³/mol. The van der Waals surface area contributed by atoms with Gasteiger partial charge in [-0.1, -0.05) is 54.6 Å². The Kier molecular flexibility index (Phi) is 6.04. The molecule has 2 aliphatic rings. The lowest BCUT2D eigenvalue weighted by molar-refractivity contribution is -0.132. The summed E-state index contributed by atoms with van der Waals surface area (Å²) >= 11 is 0. The van der Waals surface area contributed by atoms with Gasteiger partial charge in [-0.3, -0.25) is 29.5 Å². The smallest absolute Gasteiger partial charge is 0.322 e. The number of benzene rings is 3. The first-order chi connectivity index (χ1) is 17.8. The largest absolute Gasteiger partial charge is 0.344 e. The molecule has 3 aromatic rings. The molecule has 1 saturated heterocycles. The fourth-order valence-corrected chi connectivity index (χ4v) is 4.54. The van der Waals surface area contributed by atoms with Gasteiger partial charge in [0.25, 0.3) is 23.6 Å². The minimum Gasteiger partial charge on any atom is -0.322 e. The van der Waals surface area contributed by atoms with Gasteiger partial charge >= 0.3 is 6.03 Å². The van der Waals surface area contributed by atoms with Crippen molar-refractivity contribution in [1.82, 2.24) is 20.7 Å². The minimum absolute atomic E-state index is 0.0197. The molecular formula is C28H24N4O5. The van der Waals surface area contributed by atoms with Gasteiger partial charge in [0, 0.05) is 5.56 Å². The van der Waals surface area contributed by atoms with E-state index in [9.17, 15) is 24.0 Å². The zero-order valence-electron chi connectivity index (χ0n) is 20.1. The highest BCUT2D eigenvalue weighted by Gasteiger charge is 2.48. The highest BCUT2D eigenvalue weighted by Crippen LogP contribution is 2.25. The number of rotatable bonds is 7. The maximum atomic E-state index is 13.0. The van der Waals surface area contributed by atoms with Gasteiger partial charge in [0.15, 0.2) is 0 Å². The number of carbonyl (C=O) groups excluding carboxylic acids is 5. The Morgan fingerprint density at radius 2 is 1.46 bits per heavy atom. The summed E-state index contributed by atoms with van der Waals surface area (Å²) in [5.74, 6) is -2.02. The molecule has 5 rings (SSSR count). The Labute approximate surface area is 213 Å². The quantitative estimate of drug-likeness (QED) is 0.385. The van der Waals surface area contributed by atoms with Crippen molar-refractivity contribution in [2.24, 2.45) is 0 Å². The van der Waals surface area contributed by atoms with Crippen molar-refractivity contribution in [3.8, 4) is 0 Å². The van der Waals surface area contributed by atoms with Crippen LogP contribution in [-0.4, -0.2) is 45.1 Å². The number of amides is 6. The number of hydrogen-bond donors (Lipinski definition) is 2. The van der Waals surface area contributed by atoms with E-state index in [-0.39, 0.29) is 12.1 Å². The zero-order chi connectivity index (χ0) is 26.2. The normalized spacial score (nSPS) is 18.7. The lowest BCUT2D eigenvalue weighted by Gasteiger charge is -2.21. The minimum atomic E-state index is -1.16. The van der Waals surface area contributed by atoms with E-state index in [0.717, 1.165) is 10.5 Å². The summed E-state index contributed by atoms with van der Waals surface area (Å²) in [4.78, 5) is 65.0. The molecule has 1 fully saturated rings. The summed E-state index contributed by atoms with van der Waals surface area (Å²) in [5.41, 5.74) is 3.67. The molecule has 2 heterocycles. The first-order valence-electron chi connectivity index (χ1n) is 11.8. The van der Waals surface area contributed by atoms with Crippen LogP contribution in [0.4, 0.5) is 4.79 Å². The van der Waals surface area contributed by atoms with Crippen LogP contribution in [0.15, 0.2) is 78.9 Å². The summed E-state index contributed by atoms with van der Waals surface area (Å²) in [7, 11) is 0. The number of carbonyl (C=O) groups is 5. The Bertz CT molecular complexity index is 1400. The number of nitrogens with one attached hydrogen (secondary N) is 2. The average Bonchev–Trinajstić information content (AvgIpc) is 3.28. The molecule has 6 amide bonds. The van der Waals surface area contributed by atoms with Gasteiger partial charge in [0.2, 0.25) is 0 Å². The Morgan fingerprint density at radius 3 is 2.14 bits per heavy atom. The molecule has 9 nitrogen and oxygen atoms in total. The van der Waals surface area contributed by atoms with E-state index in [1.165, 1.54) is 12.1 Å². The SMILES string of the molecule is CC1(CCc2ccccc2)NC(=O)N(NC(=O)c2cccc(CN3C(=O)c4ccccc4C3=O)c2)C1=O. The Hall–Kier alpha value is -4.79. The third-order valence-electron chi connectivity index (χ3n) is 6.64. The molecule has 1 unspecified atom stereocenters. The number of hydrazine groups is 1. The van der Waals surface area contributed by atoms with Crippen LogP contribution in [0.1, 0.15) is 55.5 Å². The predicted octanol–water partition coefficient (Wildman–Crippen LogP) is 3.07. The van der Waals surface area contributed by atoms with Crippen molar-refractivity contribution in [2.45, 2.75) is 31.8 Å². The number of imide groups is 2. The van der Waals surface area contributed by atoms with Gasteiger partial charge in [0.05, 0.1) is 17.7 Å².